The molecular weight excluding hydrogens is 745 g/mol. The van der Waals surface area contributed by atoms with Crippen molar-refractivity contribution in [2.75, 3.05) is 26.4 Å². The van der Waals surface area contributed by atoms with Gasteiger partial charge in [0.1, 0.15) is 23.7 Å². The number of azo groups is 2. The molecule has 0 aliphatic carbocycles. The highest BCUT2D eigenvalue weighted by Gasteiger charge is 2.16. The lowest BCUT2D eigenvalue weighted by molar-refractivity contribution is -0.0262. The van der Waals surface area contributed by atoms with Crippen LogP contribution < -0.4 is 9.47 Å². The van der Waals surface area contributed by atoms with E-state index in [1.807, 2.05) is 48.5 Å². The van der Waals surface area contributed by atoms with Crippen molar-refractivity contribution in [2.45, 2.75) is 117 Å². The molecule has 0 aliphatic rings. The molecule has 0 saturated carbocycles. The average molecular weight is 807 g/mol. The largest absolute Gasteiger partial charge is 0.494 e. The second-order valence-electron chi connectivity index (χ2n) is 14.7. The van der Waals surface area contributed by atoms with Gasteiger partial charge in [-0.1, -0.05) is 78.1 Å². The quantitative estimate of drug-likeness (QED) is 0.0317. The molecule has 0 spiro atoms. The van der Waals surface area contributed by atoms with Crippen LogP contribution in [0.2, 0.25) is 0 Å². The molecule has 0 bridgehead atoms. The van der Waals surface area contributed by atoms with Crippen LogP contribution >= 0.6 is 0 Å². The second-order valence-corrected chi connectivity index (χ2v) is 14.7. The number of esters is 2. The van der Waals surface area contributed by atoms with E-state index in [9.17, 15) is 9.59 Å². The van der Waals surface area contributed by atoms with Crippen LogP contribution in [0.4, 0.5) is 22.7 Å². The summed E-state index contributed by atoms with van der Waals surface area (Å²) in [7, 11) is 0. The molecule has 59 heavy (non-hydrogen) atoms. The van der Waals surface area contributed by atoms with Gasteiger partial charge in [-0.3, -0.25) is 0 Å². The molecule has 316 valence electrons. The lowest BCUT2D eigenvalue weighted by Crippen LogP contribution is -2.25. The summed E-state index contributed by atoms with van der Waals surface area (Å²) in [6.45, 7) is 9.62. The summed E-state index contributed by atoms with van der Waals surface area (Å²) < 4.78 is 28.4. The van der Waals surface area contributed by atoms with E-state index in [1.165, 1.54) is 64.2 Å². The monoisotopic (exact) mass is 806 g/mol. The van der Waals surface area contributed by atoms with Gasteiger partial charge in [0.15, 0.2) is 0 Å². The van der Waals surface area contributed by atoms with E-state index in [4.69, 9.17) is 23.7 Å². The molecule has 11 nitrogen and oxygen atoms in total. The minimum atomic E-state index is -0.523. The van der Waals surface area contributed by atoms with Crippen molar-refractivity contribution in [1.82, 2.24) is 0 Å². The van der Waals surface area contributed by atoms with Gasteiger partial charge in [0.05, 0.1) is 60.3 Å². The molecule has 0 heterocycles. The smallest absolute Gasteiger partial charge is 0.338 e. The minimum Gasteiger partial charge on any atom is -0.494 e. The fourth-order valence-corrected chi connectivity index (χ4v) is 5.89. The first-order valence-corrected chi connectivity index (χ1v) is 21.3. The minimum absolute atomic E-state index is 0.136. The van der Waals surface area contributed by atoms with E-state index in [0.717, 1.165) is 24.3 Å². The van der Waals surface area contributed by atoms with Gasteiger partial charge >= 0.3 is 11.9 Å². The molecule has 4 aromatic carbocycles. The van der Waals surface area contributed by atoms with Crippen LogP contribution in [0.15, 0.2) is 118 Å². The van der Waals surface area contributed by atoms with Crippen LogP contribution in [0.1, 0.15) is 125 Å². The second kappa shape index (κ2) is 27.3. The number of carbonyl (C=O) groups is 2. The van der Waals surface area contributed by atoms with Gasteiger partial charge in [0, 0.05) is 0 Å². The molecule has 4 rings (SSSR count). The molecule has 0 amide bonds. The van der Waals surface area contributed by atoms with E-state index < -0.39 is 24.1 Å². The SMILES string of the molecule is CCCCCCCCOc1ccc(N=Nc2ccc(C(=O)O[C@@H](C)COC[C@H](C)OC(=O)c3ccc(N=Nc4ccc(OCCCCCCCC)cc4)cc3)cc2)cc1. The number of hydrogen-bond acceptors (Lipinski definition) is 11. The standard InChI is InChI=1S/C48H62N4O7/c1-5-7-9-11-13-15-33-56-45-29-25-43(26-30-45)51-49-41-21-17-39(18-22-41)47(53)58-37(3)35-55-36-38(4)59-48(54)40-19-23-42(24-20-40)50-52-44-27-31-46(32-28-44)57-34-16-14-12-10-8-6-2/h17-32,37-38H,5-16,33-36H2,1-4H3/t37-,38-/m0/s1. The lowest BCUT2D eigenvalue weighted by atomic mass is 10.1. The van der Waals surface area contributed by atoms with Crippen molar-refractivity contribution in [3.05, 3.63) is 108 Å². The summed E-state index contributed by atoms with van der Waals surface area (Å²) in [5, 5.41) is 17.1. The van der Waals surface area contributed by atoms with Crippen LogP contribution in [-0.4, -0.2) is 50.6 Å². The van der Waals surface area contributed by atoms with Crippen molar-refractivity contribution in [2.24, 2.45) is 20.5 Å². The summed E-state index contributed by atoms with van der Waals surface area (Å²) in [5.74, 6) is 0.674. The Balaban J connectivity index is 1.09. The molecule has 4 aromatic rings. The third-order valence-electron chi connectivity index (χ3n) is 9.30. The first-order chi connectivity index (χ1) is 28.8. The normalized spacial score (nSPS) is 12.4. The highest BCUT2D eigenvalue weighted by atomic mass is 16.6. The molecular formula is C48H62N4O7. The third kappa shape index (κ3) is 18.8. The molecule has 0 fully saturated rings. The average Bonchev–Trinajstić information content (AvgIpc) is 3.25. The lowest BCUT2D eigenvalue weighted by Gasteiger charge is -2.17. The predicted octanol–water partition coefficient (Wildman–Crippen LogP) is 13.8. The van der Waals surface area contributed by atoms with E-state index in [1.54, 1.807) is 62.4 Å². The molecule has 11 heteroatoms. The molecule has 0 saturated heterocycles. The Morgan fingerprint density at radius 3 is 1.08 bits per heavy atom. The first kappa shape index (κ1) is 46.3. The Labute approximate surface area is 350 Å². The molecule has 0 radical (unpaired) electrons. The van der Waals surface area contributed by atoms with Gasteiger partial charge in [0.2, 0.25) is 0 Å². The predicted molar refractivity (Wildman–Crippen MR) is 232 cm³/mol. The zero-order valence-electron chi connectivity index (χ0n) is 35.4. The van der Waals surface area contributed by atoms with E-state index >= 15 is 0 Å². The maximum absolute atomic E-state index is 12.7. The molecule has 0 aromatic heterocycles. The summed E-state index contributed by atoms with van der Waals surface area (Å²) in [5.41, 5.74) is 3.38. The number of ether oxygens (including phenoxy) is 5. The van der Waals surface area contributed by atoms with E-state index in [0.29, 0.717) is 47.1 Å². The number of benzene rings is 4. The molecule has 0 unspecified atom stereocenters. The van der Waals surface area contributed by atoms with Gasteiger partial charge in [-0.25, -0.2) is 9.59 Å². The van der Waals surface area contributed by atoms with Crippen molar-refractivity contribution in [1.29, 1.82) is 0 Å². The fourth-order valence-electron chi connectivity index (χ4n) is 5.89. The Morgan fingerprint density at radius 1 is 0.441 bits per heavy atom. The number of hydrogen-bond donors (Lipinski definition) is 0. The Kier molecular flexibility index (Phi) is 21.4. The van der Waals surface area contributed by atoms with Crippen LogP contribution in [0.3, 0.4) is 0 Å². The topological polar surface area (TPSA) is 130 Å². The van der Waals surface area contributed by atoms with Crippen molar-refractivity contribution in [3.8, 4) is 11.5 Å². The zero-order chi connectivity index (χ0) is 41.9. The van der Waals surface area contributed by atoms with Crippen molar-refractivity contribution < 1.29 is 33.3 Å². The number of unbranched alkanes of at least 4 members (excludes halogenated alkanes) is 10. The summed E-state index contributed by atoms with van der Waals surface area (Å²) in [4.78, 5) is 25.4. The van der Waals surface area contributed by atoms with Crippen molar-refractivity contribution in [3.63, 3.8) is 0 Å². The maximum Gasteiger partial charge on any atom is 0.338 e. The highest BCUT2D eigenvalue weighted by molar-refractivity contribution is 5.90. The number of carbonyl (C=O) groups excluding carboxylic acids is 2. The summed E-state index contributed by atoms with van der Waals surface area (Å²) >= 11 is 0. The van der Waals surface area contributed by atoms with Crippen molar-refractivity contribution >= 4 is 34.7 Å². The Morgan fingerprint density at radius 2 is 0.746 bits per heavy atom. The highest BCUT2D eigenvalue weighted by Crippen LogP contribution is 2.24. The van der Waals surface area contributed by atoms with Crippen LogP contribution in [0.25, 0.3) is 0 Å². The van der Waals surface area contributed by atoms with E-state index in [-0.39, 0.29) is 13.2 Å². The maximum atomic E-state index is 12.7. The van der Waals surface area contributed by atoms with Crippen LogP contribution in [-0.2, 0) is 14.2 Å². The summed E-state index contributed by atoms with van der Waals surface area (Å²) in [6.07, 6.45) is 13.7. The Hall–Kier alpha value is -5.42. The van der Waals surface area contributed by atoms with Crippen LogP contribution in [0, 0.1) is 0 Å². The number of rotatable bonds is 28. The van der Waals surface area contributed by atoms with Gasteiger partial charge in [-0.05, 0) is 124 Å². The first-order valence-electron chi connectivity index (χ1n) is 21.3. The van der Waals surface area contributed by atoms with Gasteiger partial charge in [-0.2, -0.15) is 20.5 Å². The van der Waals surface area contributed by atoms with Crippen LogP contribution in [0.5, 0.6) is 11.5 Å². The zero-order valence-corrected chi connectivity index (χ0v) is 35.4. The third-order valence-corrected chi connectivity index (χ3v) is 9.30. The van der Waals surface area contributed by atoms with Gasteiger partial charge < -0.3 is 23.7 Å². The molecule has 0 N–H and O–H groups in total. The number of nitrogens with zero attached hydrogens (tertiary/aromatic N) is 4. The molecule has 2 atom stereocenters. The molecule has 0 aliphatic heterocycles. The van der Waals surface area contributed by atoms with E-state index in [2.05, 4.69) is 34.3 Å². The summed E-state index contributed by atoms with van der Waals surface area (Å²) in [6, 6.07) is 28.5. The Bertz CT molecular complexity index is 1690. The fraction of sp³-hybridized carbons (Fsp3) is 0.458. The van der Waals surface area contributed by atoms with Gasteiger partial charge in [0.25, 0.3) is 0 Å². The van der Waals surface area contributed by atoms with Gasteiger partial charge in [-0.15, -0.1) is 0 Å².